The molecule has 0 atom stereocenters. The van der Waals surface area contributed by atoms with E-state index in [-0.39, 0.29) is 12.4 Å². The molecule has 0 radical (unpaired) electrons. The topological polar surface area (TPSA) is 32.3 Å². The van der Waals surface area contributed by atoms with Crippen LogP contribution in [0, 0.1) is 5.92 Å². The number of halogens is 1. The van der Waals surface area contributed by atoms with Crippen molar-refractivity contribution in [1.29, 1.82) is 0 Å². The lowest BCUT2D eigenvalue weighted by Crippen LogP contribution is -2.40. The maximum atomic E-state index is 11.8. The quantitative estimate of drug-likeness (QED) is 0.756. The molecule has 0 unspecified atom stereocenters. The fourth-order valence-corrected chi connectivity index (χ4v) is 2.63. The van der Waals surface area contributed by atoms with Crippen molar-refractivity contribution in [3.05, 3.63) is 0 Å². The lowest BCUT2D eigenvalue weighted by atomic mass is 9.96. The number of hydrogen-bond donors (Lipinski definition) is 1. The van der Waals surface area contributed by atoms with E-state index in [1.807, 2.05) is 23.7 Å². The summed E-state index contributed by atoms with van der Waals surface area (Å²) in [6, 6.07) is 0. The Kier molecular flexibility index (Phi) is 10.1. The molecule has 1 amide bonds. The summed E-state index contributed by atoms with van der Waals surface area (Å²) in [7, 11) is 2.00. The van der Waals surface area contributed by atoms with E-state index in [2.05, 4.69) is 11.6 Å². The van der Waals surface area contributed by atoms with Gasteiger partial charge in [-0.3, -0.25) is 4.79 Å². The standard InChI is InChI=1S/C12H24N2OS.ClH/c1-13-10-11-5-7-14(8-6-11)12(15)4-3-9-16-2;/h11,13H,3-10H2,1-2H3;1H. The third kappa shape index (κ3) is 6.53. The Morgan fingerprint density at radius 1 is 1.41 bits per heavy atom. The first-order valence-corrected chi connectivity index (χ1v) is 7.58. The van der Waals surface area contributed by atoms with Gasteiger partial charge in [-0.15, -0.1) is 12.4 Å². The van der Waals surface area contributed by atoms with Gasteiger partial charge in [-0.1, -0.05) is 0 Å². The van der Waals surface area contributed by atoms with Crippen molar-refractivity contribution in [3.63, 3.8) is 0 Å². The van der Waals surface area contributed by atoms with Gasteiger partial charge in [-0.2, -0.15) is 11.8 Å². The number of rotatable bonds is 6. The second-order valence-corrected chi connectivity index (χ2v) is 5.46. The van der Waals surface area contributed by atoms with Crippen LogP contribution in [0.15, 0.2) is 0 Å². The highest BCUT2D eigenvalue weighted by Gasteiger charge is 2.21. The largest absolute Gasteiger partial charge is 0.343 e. The minimum Gasteiger partial charge on any atom is -0.343 e. The number of piperidine rings is 1. The molecular weight excluding hydrogens is 256 g/mol. The molecule has 1 heterocycles. The minimum atomic E-state index is 0. The SMILES string of the molecule is CNCC1CCN(C(=O)CCCSC)CC1.Cl. The number of nitrogens with one attached hydrogen (secondary N) is 1. The van der Waals surface area contributed by atoms with Gasteiger partial charge in [0.25, 0.3) is 0 Å². The first-order chi connectivity index (χ1) is 7.77. The van der Waals surface area contributed by atoms with Gasteiger partial charge in [0.1, 0.15) is 0 Å². The summed E-state index contributed by atoms with van der Waals surface area (Å²) >= 11 is 1.82. The second kappa shape index (κ2) is 10.0. The van der Waals surface area contributed by atoms with Crippen molar-refractivity contribution >= 4 is 30.1 Å². The molecule has 3 nitrogen and oxygen atoms in total. The van der Waals surface area contributed by atoms with Crippen molar-refractivity contribution in [2.45, 2.75) is 25.7 Å². The number of hydrogen-bond acceptors (Lipinski definition) is 3. The van der Waals surface area contributed by atoms with E-state index in [1.54, 1.807) is 0 Å². The number of thioether (sulfide) groups is 1. The van der Waals surface area contributed by atoms with Gasteiger partial charge in [0.05, 0.1) is 0 Å². The summed E-state index contributed by atoms with van der Waals surface area (Å²) in [4.78, 5) is 13.9. The molecule has 1 aliphatic heterocycles. The molecular formula is C12H25ClN2OS. The number of carbonyl (C=O) groups is 1. The van der Waals surface area contributed by atoms with Gasteiger partial charge in [0.2, 0.25) is 5.91 Å². The van der Waals surface area contributed by atoms with Crippen molar-refractivity contribution < 1.29 is 4.79 Å². The molecule has 0 spiro atoms. The molecule has 0 aromatic rings. The molecule has 0 saturated carbocycles. The molecule has 0 aromatic heterocycles. The summed E-state index contributed by atoms with van der Waals surface area (Å²) in [5.41, 5.74) is 0. The van der Waals surface area contributed by atoms with Crippen LogP contribution in [0.3, 0.4) is 0 Å². The van der Waals surface area contributed by atoms with E-state index in [0.29, 0.717) is 5.91 Å². The van der Waals surface area contributed by atoms with E-state index in [0.717, 1.165) is 57.0 Å². The first-order valence-electron chi connectivity index (χ1n) is 6.19. The number of carbonyl (C=O) groups excluding carboxylic acids is 1. The Morgan fingerprint density at radius 2 is 2.06 bits per heavy atom. The van der Waals surface area contributed by atoms with E-state index in [9.17, 15) is 4.79 Å². The second-order valence-electron chi connectivity index (χ2n) is 4.48. The lowest BCUT2D eigenvalue weighted by molar-refractivity contribution is -0.132. The van der Waals surface area contributed by atoms with Crippen molar-refractivity contribution in [3.8, 4) is 0 Å². The van der Waals surface area contributed by atoms with Gasteiger partial charge >= 0.3 is 0 Å². The van der Waals surface area contributed by atoms with Crippen LogP contribution in [-0.4, -0.2) is 49.5 Å². The Labute approximate surface area is 115 Å². The van der Waals surface area contributed by atoms with Gasteiger partial charge in [-0.05, 0) is 50.8 Å². The van der Waals surface area contributed by atoms with Crippen LogP contribution in [0.4, 0.5) is 0 Å². The van der Waals surface area contributed by atoms with Crippen LogP contribution in [0.5, 0.6) is 0 Å². The molecule has 5 heteroatoms. The molecule has 1 aliphatic rings. The minimum absolute atomic E-state index is 0. The maximum Gasteiger partial charge on any atom is 0.222 e. The summed E-state index contributed by atoms with van der Waals surface area (Å²) in [5.74, 6) is 2.22. The highest BCUT2D eigenvalue weighted by atomic mass is 35.5. The van der Waals surface area contributed by atoms with Crippen LogP contribution in [0.25, 0.3) is 0 Å². The Bertz CT molecular complexity index is 209. The maximum absolute atomic E-state index is 11.8. The normalized spacial score (nSPS) is 16.7. The fourth-order valence-electron chi connectivity index (χ4n) is 2.20. The number of nitrogens with zero attached hydrogens (tertiary/aromatic N) is 1. The van der Waals surface area contributed by atoms with Crippen LogP contribution >= 0.6 is 24.2 Å². The Hall–Kier alpha value is 0.0700. The fraction of sp³-hybridized carbons (Fsp3) is 0.917. The smallest absolute Gasteiger partial charge is 0.222 e. The summed E-state index contributed by atoms with van der Waals surface area (Å²) in [6.07, 6.45) is 6.17. The first kappa shape index (κ1) is 17.1. The zero-order valence-corrected chi connectivity index (χ0v) is 12.5. The predicted octanol–water partition coefficient (Wildman–Crippen LogP) is 2.01. The van der Waals surface area contributed by atoms with Crippen LogP contribution in [0.1, 0.15) is 25.7 Å². The molecule has 0 aromatic carbocycles. The van der Waals surface area contributed by atoms with Crippen LogP contribution < -0.4 is 5.32 Å². The molecule has 1 rings (SSSR count). The van der Waals surface area contributed by atoms with Gasteiger partial charge in [-0.25, -0.2) is 0 Å². The van der Waals surface area contributed by atoms with Gasteiger partial charge in [0.15, 0.2) is 0 Å². The van der Waals surface area contributed by atoms with E-state index in [1.165, 1.54) is 0 Å². The molecule has 0 aliphatic carbocycles. The summed E-state index contributed by atoms with van der Waals surface area (Å²) < 4.78 is 0. The molecule has 17 heavy (non-hydrogen) atoms. The average Bonchev–Trinajstić information content (AvgIpc) is 2.30. The highest BCUT2D eigenvalue weighted by Crippen LogP contribution is 2.17. The van der Waals surface area contributed by atoms with Crippen LogP contribution in [0.2, 0.25) is 0 Å². The van der Waals surface area contributed by atoms with Crippen molar-refractivity contribution in [2.24, 2.45) is 5.92 Å². The number of likely N-dealkylation sites (tertiary alicyclic amines) is 1. The van der Waals surface area contributed by atoms with E-state index in [4.69, 9.17) is 0 Å². The Balaban J connectivity index is 0.00000256. The van der Waals surface area contributed by atoms with Gasteiger partial charge < -0.3 is 10.2 Å². The Morgan fingerprint density at radius 3 is 2.59 bits per heavy atom. The zero-order chi connectivity index (χ0) is 11.8. The molecule has 0 bridgehead atoms. The highest BCUT2D eigenvalue weighted by molar-refractivity contribution is 7.98. The molecule has 102 valence electrons. The third-order valence-corrected chi connectivity index (χ3v) is 3.90. The molecule has 1 saturated heterocycles. The third-order valence-electron chi connectivity index (χ3n) is 3.20. The summed E-state index contributed by atoms with van der Waals surface area (Å²) in [5, 5.41) is 3.22. The molecule has 1 N–H and O–H groups in total. The van der Waals surface area contributed by atoms with E-state index >= 15 is 0 Å². The number of amides is 1. The van der Waals surface area contributed by atoms with Crippen molar-refractivity contribution in [1.82, 2.24) is 10.2 Å². The zero-order valence-electron chi connectivity index (χ0n) is 10.9. The molecule has 1 fully saturated rings. The van der Waals surface area contributed by atoms with Crippen LogP contribution in [-0.2, 0) is 4.79 Å². The average molecular weight is 281 g/mol. The monoisotopic (exact) mass is 280 g/mol. The van der Waals surface area contributed by atoms with E-state index < -0.39 is 0 Å². The summed E-state index contributed by atoms with van der Waals surface area (Å²) in [6.45, 7) is 3.02. The van der Waals surface area contributed by atoms with Crippen molar-refractivity contribution in [2.75, 3.05) is 38.7 Å². The predicted molar refractivity (Wildman–Crippen MR) is 78.1 cm³/mol. The van der Waals surface area contributed by atoms with Gasteiger partial charge in [0, 0.05) is 19.5 Å². The lowest BCUT2D eigenvalue weighted by Gasteiger charge is -2.32.